The van der Waals surface area contributed by atoms with Crippen molar-refractivity contribution in [3.63, 3.8) is 0 Å². The Bertz CT molecular complexity index is 1310. The zero-order valence-electron chi connectivity index (χ0n) is 20.6. The molecule has 4 aromatic rings. The lowest BCUT2D eigenvalue weighted by Crippen LogP contribution is -2.14. The standard InChI is InChI=1S/C30H29N3O4/c1-2-36-29(34)21-37-26-16-10-22(11-17-26)27-8-3-4-9-28(27)30(35)33-25-14-12-24(13-15-25)32-20-18-23-7-5-6-19-31-23/h3-17,19,32H,2,18,20-21H2,1H3,(H,33,35). The number of hydrogen-bond acceptors (Lipinski definition) is 6. The molecule has 188 valence electrons. The second-order valence-corrected chi connectivity index (χ2v) is 8.19. The third-order valence-electron chi connectivity index (χ3n) is 5.58. The van der Waals surface area contributed by atoms with Crippen molar-refractivity contribution in [2.45, 2.75) is 13.3 Å². The van der Waals surface area contributed by atoms with Gasteiger partial charge in [-0.25, -0.2) is 4.79 Å². The van der Waals surface area contributed by atoms with Crippen molar-refractivity contribution in [2.75, 3.05) is 30.4 Å². The topological polar surface area (TPSA) is 89.5 Å². The molecule has 0 atom stereocenters. The fourth-order valence-corrected chi connectivity index (χ4v) is 3.76. The monoisotopic (exact) mass is 495 g/mol. The van der Waals surface area contributed by atoms with Crippen molar-refractivity contribution in [1.29, 1.82) is 0 Å². The van der Waals surface area contributed by atoms with Gasteiger partial charge in [0.2, 0.25) is 0 Å². The highest BCUT2D eigenvalue weighted by atomic mass is 16.6. The zero-order chi connectivity index (χ0) is 25.9. The lowest BCUT2D eigenvalue weighted by molar-refractivity contribution is -0.145. The number of amides is 1. The molecule has 2 N–H and O–H groups in total. The summed E-state index contributed by atoms with van der Waals surface area (Å²) in [5.74, 6) is -0.0662. The van der Waals surface area contributed by atoms with E-state index in [0.29, 0.717) is 23.6 Å². The lowest BCUT2D eigenvalue weighted by Gasteiger charge is -2.12. The Balaban J connectivity index is 1.36. The SMILES string of the molecule is CCOC(=O)COc1ccc(-c2ccccc2C(=O)Nc2ccc(NCCc3ccccn3)cc2)cc1. The molecule has 1 aromatic heterocycles. The first-order valence-electron chi connectivity index (χ1n) is 12.2. The predicted molar refractivity (Wildman–Crippen MR) is 145 cm³/mol. The van der Waals surface area contributed by atoms with E-state index in [2.05, 4.69) is 15.6 Å². The number of rotatable bonds is 11. The van der Waals surface area contributed by atoms with Crippen molar-refractivity contribution < 1.29 is 19.1 Å². The van der Waals surface area contributed by atoms with Crippen LogP contribution in [-0.2, 0) is 16.0 Å². The number of hydrogen-bond donors (Lipinski definition) is 2. The lowest BCUT2D eigenvalue weighted by atomic mass is 9.99. The third-order valence-corrected chi connectivity index (χ3v) is 5.58. The molecule has 0 unspecified atom stereocenters. The van der Waals surface area contributed by atoms with Gasteiger partial charge in [-0.05, 0) is 72.6 Å². The number of nitrogens with one attached hydrogen (secondary N) is 2. The predicted octanol–water partition coefficient (Wildman–Crippen LogP) is 5.60. The number of carbonyl (C=O) groups excluding carboxylic acids is 2. The molecule has 0 spiro atoms. The molecule has 0 aliphatic rings. The summed E-state index contributed by atoms with van der Waals surface area (Å²) in [6.45, 7) is 2.68. The van der Waals surface area contributed by atoms with Gasteiger partial charge in [-0.1, -0.05) is 36.4 Å². The van der Waals surface area contributed by atoms with E-state index in [4.69, 9.17) is 9.47 Å². The van der Waals surface area contributed by atoms with E-state index >= 15 is 0 Å². The van der Waals surface area contributed by atoms with Crippen LogP contribution < -0.4 is 15.4 Å². The van der Waals surface area contributed by atoms with Crippen molar-refractivity contribution in [2.24, 2.45) is 0 Å². The first-order valence-corrected chi connectivity index (χ1v) is 12.2. The Hall–Kier alpha value is -4.65. The van der Waals surface area contributed by atoms with E-state index < -0.39 is 5.97 Å². The molecule has 0 aliphatic heterocycles. The van der Waals surface area contributed by atoms with Crippen molar-refractivity contribution in [3.8, 4) is 16.9 Å². The van der Waals surface area contributed by atoms with Gasteiger partial charge in [0, 0.05) is 41.8 Å². The van der Waals surface area contributed by atoms with Crippen LogP contribution in [0.1, 0.15) is 23.0 Å². The van der Waals surface area contributed by atoms with Crippen molar-refractivity contribution in [3.05, 3.63) is 108 Å². The third kappa shape index (κ3) is 7.41. The van der Waals surface area contributed by atoms with E-state index in [1.165, 1.54) is 0 Å². The first kappa shape index (κ1) is 25.4. The zero-order valence-corrected chi connectivity index (χ0v) is 20.6. The van der Waals surface area contributed by atoms with Crippen LogP contribution in [0.15, 0.2) is 97.2 Å². The maximum atomic E-state index is 13.1. The molecule has 0 bridgehead atoms. The minimum atomic E-state index is -0.415. The van der Waals surface area contributed by atoms with E-state index in [-0.39, 0.29) is 12.5 Å². The number of anilines is 2. The van der Waals surface area contributed by atoms with Gasteiger partial charge in [-0.3, -0.25) is 9.78 Å². The smallest absolute Gasteiger partial charge is 0.344 e. The number of aromatic nitrogens is 1. The van der Waals surface area contributed by atoms with Crippen LogP contribution in [-0.4, -0.2) is 36.6 Å². The van der Waals surface area contributed by atoms with Crippen LogP contribution in [0.2, 0.25) is 0 Å². The van der Waals surface area contributed by atoms with E-state index in [0.717, 1.165) is 35.5 Å². The van der Waals surface area contributed by atoms with E-state index in [1.54, 1.807) is 31.3 Å². The second-order valence-electron chi connectivity index (χ2n) is 8.19. The van der Waals surface area contributed by atoms with Gasteiger partial charge in [0.15, 0.2) is 6.61 Å². The molecule has 4 rings (SSSR count). The van der Waals surface area contributed by atoms with Gasteiger partial charge in [-0.15, -0.1) is 0 Å². The molecule has 0 fully saturated rings. The molecule has 1 heterocycles. The van der Waals surface area contributed by atoms with Crippen LogP contribution in [0, 0.1) is 0 Å². The molecule has 37 heavy (non-hydrogen) atoms. The Morgan fingerprint density at radius 2 is 1.57 bits per heavy atom. The summed E-state index contributed by atoms with van der Waals surface area (Å²) in [6.07, 6.45) is 2.62. The van der Waals surface area contributed by atoms with Gasteiger partial charge in [0.05, 0.1) is 6.61 Å². The molecule has 1 amide bonds. The number of benzene rings is 3. The molecular formula is C30H29N3O4. The Kier molecular flexibility index (Phi) is 8.86. The number of nitrogens with zero attached hydrogens (tertiary/aromatic N) is 1. The largest absolute Gasteiger partial charge is 0.482 e. The van der Waals surface area contributed by atoms with E-state index in [9.17, 15) is 9.59 Å². The Labute approximate surface area is 216 Å². The van der Waals surface area contributed by atoms with Crippen LogP contribution in [0.5, 0.6) is 5.75 Å². The van der Waals surface area contributed by atoms with Crippen LogP contribution in [0.25, 0.3) is 11.1 Å². The van der Waals surface area contributed by atoms with Crippen molar-refractivity contribution in [1.82, 2.24) is 4.98 Å². The minimum absolute atomic E-state index is 0.148. The van der Waals surface area contributed by atoms with Gasteiger partial charge in [-0.2, -0.15) is 0 Å². The summed E-state index contributed by atoms with van der Waals surface area (Å²) in [5, 5.41) is 6.35. The summed E-state index contributed by atoms with van der Waals surface area (Å²) >= 11 is 0. The Morgan fingerprint density at radius 1 is 0.838 bits per heavy atom. The summed E-state index contributed by atoms with van der Waals surface area (Å²) < 4.78 is 10.3. The average molecular weight is 496 g/mol. The molecule has 0 radical (unpaired) electrons. The summed E-state index contributed by atoms with van der Waals surface area (Å²) in [5.41, 5.74) is 4.93. The number of esters is 1. The molecule has 0 saturated carbocycles. The molecule has 7 heteroatoms. The second kappa shape index (κ2) is 12.9. The highest BCUT2D eigenvalue weighted by Crippen LogP contribution is 2.27. The maximum absolute atomic E-state index is 13.1. The van der Waals surface area contributed by atoms with Gasteiger partial charge in [0.1, 0.15) is 5.75 Å². The molecule has 0 saturated heterocycles. The summed E-state index contributed by atoms with van der Waals surface area (Å²) in [6, 6.07) is 28.2. The first-order chi connectivity index (χ1) is 18.1. The average Bonchev–Trinajstić information content (AvgIpc) is 2.94. The quantitative estimate of drug-likeness (QED) is 0.263. The van der Waals surface area contributed by atoms with E-state index in [1.807, 2.05) is 72.8 Å². The molecule has 0 aliphatic carbocycles. The van der Waals surface area contributed by atoms with Crippen molar-refractivity contribution >= 4 is 23.3 Å². The summed E-state index contributed by atoms with van der Waals surface area (Å²) in [7, 11) is 0. The van der Waals surface area contributed by atoms with Gasteiger partial charge >= 0.3 is 5.97 Å². The van der Waals surface area contributed by atoms with Crippen LogP contribution in [0.3, 0.4) is 0 Å². The fraction of sp³-hybridized carbons (Fsp3) is 0.167. The highest BCUT2D eigenvalue weighted by Gasteiger charge is 2.13. The van der Waals surface area contributed by atoms with Crippen LogP contribution in [0.4, 0.5) is 11.4 Å². The Morgan fingerprint density at radius 3 is 2.30 bits per heavy atom. The minimum Gasteiger partial charge on any atom is -0.482 e. The fourth-order valence-electron chi connectivity index (χ4n) is 3.76. The normalized spacial score (nSPS) is 10.4. The van der Waals surface area contributed by atoms with Crippen LogP contribution >= 0.6 is 0 Å². The number of ether oxygens (including phenoxy) is 2. The highest BCUT2D eigenvalue weighted by molar-refractivity contribution is 6.08. The number of pyridine rings is 1. The van der Waals surface area contributed by atoms with Gasteiger partial charge in [0.25, 0.3) is 5.91 Å². The molecule has 3 aromatic carbocycles. The van der Waals surface area contributed by atoms with Gasteiger partial charge < -0.3 is 20.1 Å². The molecular weight excluding hydrogens is 466 g/mol. The molecule has 7 nitrogen and oxygen atoms in total. The number of carbonyl (C=O) groups is 2. The maximum Gasteiger partial charge on any atom is 0.344 e. The summed E-state index contributed by atoms with van der Waals surface area (Å²) in [4.78, 5) is 28.9.